The van der Waals surface area contributed by atoms with Crippen molar-refractivity contribution in [3.8, 4) is 11.5 Å². The van der Waals surface area contributed by atoms with Gasteiger partial charge >= 0.3 is 5.91 Å². The Hall–Kier alpha value is -4.24. The summed E-state index contributed by atoms with van der Waals surface area (Å²) in [7, 11) is 0. The first-order valence-electron chi connectivity index (χ1n) is 13.7. The van der Waals surface area contributed by atoms with E-state index in [0.29, 0.717) is 46.1 Å². The van der Waals surface area contributed by atoms with E-state index >= 15 is 0 Å². The van der Waals surface area contributed by atoms with Crippen LogP contribution in [0.1, 0.15) is 56.7 Å². The number of anilines is 1. The Kier molecular flexibility index (Phi) is 8.64. The highest BCUT2D eigenvalue weighted by Crippen LogP contribution is 2.45. The second-order valence-electron chi connectivity index (χ2n) is 9.78. The van der Waals surface area contributed by atoms with Crippen LogP contribution in [0, 0.1) is 5.82 Å². The van der Waals surface area contributed by atoms with Gasteiger partial charge in [0.25, 0.3) is 5.78 Å². The van der Waals surface area contributed by atoms with Crippen molar-refractivity contribution in [1.29, 1.82) is 0 Å². The fourth-order valence-corrected chi connectivity index (χ4v) is 5.75. The molecule has 1 fully saturated rings. The third kappa shape index (κ3) is 5.95. The minimum atomic E-state index is -0.976. The predicted molar refractivity (Wildman–Crippen MR) is 158 cm³/mol. The van der Waals surface area contributed by atoms with Gasteiger partial charge in [-0.15, -0.1) is 0 Å². The van der Waals surface area contributed by atoms with E-state index in [-0.39, 0.29) is 16.5 Å². The smallest absolute Gasteiger partial charge is 0.301 e. The van der Waals surface area contributed by atoms with Gasteiger partial charge in [0.1, 0.15) is 23.1 Å². The van der Waals surface area contributed by atoms with E-state index in [2.05, 4.69) is 11.9 Å². The first kappa shape index (κ1) is 28.3. The number of hydrogen-bond acceptors (Lipinski definition) is 7. The van der Waals surface area contributed by atoms with Gasteiger partial charge in [-0.3, -0.25) is 14.5 Å². The average Bonchev–Trinajstić information content (AvgIpc) is 3.51. The van der Waals surface area contributed by atoms with Gasteiger partial charge in [-0.25, -0.2) is 9.37 Å². The lowest BCUT2D eigenvalue weighted by Gasteiger charge is -2.23. The van der Waals surface area contributed by atoms with E-state index in [4.69, 9.17) is 9.47 Å². The zero-order valence-electron chi connectivity index (χ0n) is 22.9. The van der Waals surface area contributed by atoms with E-state index in [0.717, 1.165) is 37.0 Å². The van der Waals surface area contributed by atoms with Crippen molar-refractivity contribution in [2.75, 3.05) is 18.1 Å². The molecule has 41 heavy (non-hydrogen) atoms. The third-order valence-electron chi connectivity index (χ3n) is 6.78. The molecular weight excluding hydrogens is 543 g/mol. The number of rotatable bonds is 11. The number of thiazole rings is 1. The molecule has 2 heterocycles. The van der Waals surface area contributed by atoms with Gasteiger partial charge in [-0.05, 0) is 73.0 Å². The summed E-state index contributed by atoms with van der Waals surface area (Å²) in [6, 6.07) is 17.1. The van der Waals surface area contributed by atoms with E-state index in [1.807, 2.05) is 13.0 Å². The lowest BCUT2D eigenvalue weighted by atomic mass is 9.95. The Labute approximate surface area is 241 Å². The van der Waals surface area contributed by atoms with Crippen LogP contribution in [0.15, 0.2) is 72.3 Å². The second kappa shape index (κ2) is 12.5. The monoisotopic (exact) mass is 574 g/mol. The predicted octanol–water partition coefficient (Wildman–Crippen LogP) is 7.42. The van der Waals surface area contributed by atoms with Crippen LogP contribution >= 0.6 is 11.3 Å². The number of nitrogens with zero attached hydrogens (tertiary/aromatic N) is 2. The summed E-state index contributed by atoms with van der Waals surface area (Å²) in [5.41, 5.74) is 1.38. The number of amides is 1. The molecule has 0 spiro atoms. The number of aromatic nitrogens is 1. The van der Waals surface area contributed by atoms with Gasteiger partial charge < -0.3 is 14.6 Å². The Bertz CT molecular complexity index is 1600. The minimum Gasteiger partial charge on any atom is -0.507 e. The highest BCUT2D eigenvalue weighted by atomic mass is 32.1. The first-order chi connectivity index (χ1) is 19.9. The van der Waals surface area contributed by atoms with Crippen molar-refractivity contribution >= 4 is 44.1 Å². The standard InChI is InChI=1S/C32H31FN2O5S/c1-3-5-6-17-40-24-9-7-8-21(18-24)28-27(29(36)20-10-13-23(14-11-20)39-16-4-2)30(37)31(38)35(28)32-34-25-15-12-22(33)19-26(25)41-32/h7-15,18-19,28,36H,3-6,16-17H2,1-2H3/b29-27+. The molecule has 0 bridgehead atoms. The Balaban J connectivity index is 1.60. The molecule has 1 N–H and O–H groups in total. The maximum Gasteiger partial charge on any atom is 0.301 e. The number of aliphatic hydroxyl groups excluding tert-OH is 1. The van der Waals surface area contributed by atoms with Crippen molar-refractivity contribution < 1.29 is 28.6 Å². The molecule has 1 aliphatic heterocycles. The molecule has 0 radical (unpaired) electrons. The van der Waals surface area contributed by atoms with Gasteiger partial charge in [-0.2, -0.15) is 0 Å². The minimum absolute atomic E-state index is 0.0641. The van der Waals surface area contributed by atoms with Crippen LogP contribution in [0.4, 0.5) is 9.52 Å². The third-order valence-corrected chi connectivity index (χ3v) is 7.80. The van der Waals surface area contributed by atoms with Crippen LogP contribution in [0.3, 0.4) is 0 Å². The molecule has 1 aromatic heterocycles. The normalized spacial score (nSPS) is 16.5. The lowest BCUT2D eigenvalue weighted by molar-refractivity contribution is -0.132. The molecule has 9 heteroatoms. The molecule has 4 aromatic rings. The number of halogens is 1. The van der Waals surface area contributed by atoms with E-state index in [9.17, 15) is 19.1 Å². The van der Waals surface area contributed by atoms with Gasteiger partial charge in [0.2, 0.25) is 0 Å². The molecule has 0 aliphatic carbocycles. The van der Waals surface area contributed by atoms with Crippen molar-refractivity contribution in [2.45, 2.75) is 45.6 Å². The summed E-state index contributed by atoms with van der Waals surface area (Å²) in [5, 5.41) is 11.7. The summed E-state index contributed by atoms with van der Waals surface area (Å²) in [6.45, 7) is 5.21. The molecule has 212 valence electrons. The number of Topliss-reactive ketones (excluding diaryl/α,β-unsaturated/α-hetero) is 1. The fourth-order valence-electron chi connectivity index (χ4n) is 4.74. The van der Waals surface area contributed by atoms with Crippen LogP contribution in [-0.2, 0) is 9.59 Å². The number of hydrogen-bond donors (Lipinski definition) is 1. The lowest BCUT2D eigenvalue weighted by Crippen LogP contribution is -2.29. The molecule has 1 saturated heterocycles. The second-order valence-corrected chi connectivity index (χ2v) is 10.8. The highest BCUT2D eigenvalue weighted by Gasteiger charge is 2.48. The molecular formula is C32H31FN2O5S. The SMILES string of the molecule is CCCCCOc1cccc(C2/C(=C(\O)c3ccc(OCCC)cc3)C(=O)C(=O)N2c2nc3ccc(F)cc3s2)c1. The molecule has 3 aromatic carbocycles. The number of aliphatic hydroxyl groups is 1. The summed E-state index contributed by atoms with van der Waals surface area (Å²) in [6.07, 6.45) is 3.86. The van der Waals surface area contributed by atoms with Crippen LogP contribution in [0.2, 0.25) is 0 Å². The van der Waals surface area contributed by atoms with Crippen molar-refractivity contribution in [1.82, 2.24) is 4.98 Å². The first-order valence-corrected chi connectivity index (χ1v) is 14.6. The molecule has 1 unspecified atom stereocenters. The number of ketones is 1. The number of carbonyl (C=O) groups excluding carboxylic acids is 2. The zero-order chi connectivity index (χ0) is 28.9. The summed E-state index contributed by atoms with van der Waals surface area (Å²) >= 11 is 1.11. The van der Waals surface area contributed by atoms with Crippen molar-refractivity contribution in [2.24, 2.45) is 0 Å². The quantitative estimate of drug-likeness (QED) is 0.0868. The Morgan fingerprint density at radius 3 is 2.49 bits per heavy atom. The van der Waals surface area contributed by atoms with E-state index in [1.54, 1.807) is 42.5 Å². The molecule has 1 amide bonds. The van der Waals surface area contributed by atoms with Crippen LogP contribution in [0.25, 0.3) is 16.0 Å². The van der Waals surface area contributed by atoms with Crippen LogP contribution in [0.5, 0.6) is 11.5 Å². The number of benzene rings is 3. The van der Waals surface area contributed by atoms with Gasteiger partial charge in [0.05, 0.1) is 35.0 Å². The number of fused-ring (bicyclic) bond motifs is 1. The average molecular weight is 575 g/mol. The molecule has 0 saturated carbocycles. The van der Waals surface area contributed by atoms with Gasteiger partial charge in [0, 0.05) is 5.56 Å². The van der Waals surface area contributed by atoms with Crippen LogP contribution in [-0.4, -0.2) is 35.0 Å². The number of ether oxygens (including phenoxy) is 2. The largest absolute Gasteiger partial charge is 0.507 e. The Morgan fingerprint density at radius 2 is 1.73 bits per heavy atom. The van der Waals surface area contributed by atoms with Gasteiger partial charge in [0.15, 0.2) is 5.13 Å². The van der Waals surface area contributed by atoms with Crippen molar-refractivity contribution in [3.63, 3.8) is 0 Å². The van der Waals surface area contributed by atoms with Crippen molar-refractivity contribution in [3.05, 3.63) is 89.2 Å². The summed E-state index contributed by atoms with van der Waals surface area (Å²) in [5.74, 6) is -1.17. The fraction of sp³-hybridized carbons (Fsp3) is 0.281. The van der Waals surface area contributed by atoms with E-state index < -0.39 is 23.5 Å². The molecule has 5 rings (SSSR count). The number of carbonyl (C=O) groups is 2. The summed E-state index contributed by atoms with van der Waals surface area (Å²) in [4.78, 5) is 32.9. The summed E-state index contributed by atoms with van der Waals surface area (Å²) < 4.78 is 26.1. The zero-order valence-corrected chi connectivity index (χ0v) is 23.7. The molecule has 7 nitrogen and oxygen atoms in total. The topological polar surface area (TPSA) is 89.0 Å². The molecule has 1 aliphatic rings. The maximum atomic E-state index is 13.9. The molecule has 1 atom stereocenters. The number of unbranched alkanes of at least 4 members (excludes halogenated alkanes) is 2. The highest BCUT2D eigenvalue weighted by molar-refractivity contribution is 7.22. The van der Waals surface area contributed by atoms with E-state index in [1.165, 1.54) is 23.1 Å². The van der Waals surface area contributed by atoms with Crippen LogP contribution < -0.4 is 14.4 Å². The Morgan fingerprint density at radius 1 is 0.951 bits per heavy atom. The maximum absolute atomic E-state index is 13.9. The van der Waals surface area contributed by atoms with Gasteiger partial charge in [-0.1, -0.05) is 50.2 Å².